The molecule has 5 rings (SSSR count). The van der Waals surface area contributed by atoms with Crippen molar-refractivity contribution in [3.63, 3.8) is 0 Å². The van der Waals surface area contributed by atoms with E-state index < -0.39 is 5.91 Å². The number of nitrogens with one attached hydrogen (secondary N) is 2. The van der Waals surface area contributed by atoms with Gasteiger partial charge in [-0.25, -0.2) is 9.87 Å². The topological polar surface area (TPSA) is 98.7 Å². The average Bonchev–Trinajstić information content (AvgIpc) is 3.75. The number of amides is 3. The minimum absolute atomic E-state index is 0.136. The molecule has 1 heterocycles. The quantitative estimate of drug-likeness (QED) is 0.207. The van der Waals surface area contributed by atoms with E-state index in [9.17, 15) is 18.8 Å². The summed E-state index contributed by atoms with van der Waals surface area (Å²) in [6.45, 7) is 0.910. The van der Waals surface area contributed by atoms with E-state index in [1.54, 1.807) is 65.0 Å². The second kappa shape index (κ2) is 10.4. The Bertz CT molecular complexity index is 1380. The van der Waals surface area contributed by atoms with Gasteiger partial charge in [-0.1, -0.05) is 30.3 Å². The van der Waals surface area contributed by atoms with Crippen LogP contribution in [0.2, 0.25) is 0 Å². The van der Waals surface area contributed by atoms with Crippen molar-refractivity contribution in [1.29, 1.82) is 0 Å². The smallest absolute Gasteiger partial charge is 0.274 e. The zero-order chi connectivity index (χ0) is 25.9. The van der Waals surface area contributed by atoms with Crippen LogP contribution in [-0.4, -0.2) is 40.4 Å². The predicted molar refractivity (Wildman–Crippen MR) is 136 cm³/mol. The van der Waals surface area contributed by atoms with Crippen molar-refractivity contribution in [3.8, 4) is 0 Å². The van der Waals surface area contributed by atoms with Crippen LogP contribution in [0.3, 0.4) is 0 Å². The lowest BCUT2D eigenvalue weighted by atomic mass is 9.96. The molecule has 0 unspecified atom stereocenters. The molecule has 0 saturated heterocycles. The van der Waals surface area contributed by atoms with Crippen LogP contribution in [0.5, 0.6) is 0 Å². The van der Waals surface area contributed by atoms with Crippen LogP contribution in [0, 0.1) is 5.82 Å². The van der Waals surface area contributed by atoms with Crippen molar-refractivity contribution in [1.82, 2.24) is 15.7 Å². The molecule has 0 bridgehead atoms. The van der Waals surface area contributed by atoms with E-state index in [-0.39, 0.29) is 23.7 Å². The van der Waals surface area contributed by atoms with E-state index in [4.69, 9.17) is 5.21 Å². The fraction of sp³-hybridized carbons (Fsp3) is 0.207. The van der Waals surface area contributed by atoms with E-state index >= 15 is 0 Å². The Morgan fingerprint density at radius 2 is 1.57 bits per heavy atom. The molecule has 1 aliphatic carbocycles. The van der Waals surface area contributed by atoms with E-state index in [1.807, 2.05) is 6.07 Å². The largest absolute Gasteiger partial charge is 0.349 e. The van der Waals surface area contributed by atoms with Crippen LogP contribution < -0.4 is 10.8 Å². The molecule has 1 saturated carbocycles. The first-order valence-corrected chi connectivity index (χ1v) is 12.2. The maximum atomic E-state index is 13.4. The lowest BCUT2D eigenvalue weighted by molar-refractivity contribution is -0.115. The van der Waals surface area contributed by atoms with Gasteiger partial charge in [0.2, 0.25) is 0 Å². The van der Waals surface area contributed by atoms with Crippen molar-refractivity contribution in [2.24, 2.45) is 0 Å². The maximum Gasteiger partial charge on any atom is 0.274 e. The Balaban J connectivity index is 1.34. The third-order valence-electron chi connectivity index (χ3n) is 6.65. The maximum absolute atomic E-state index is 13.4. The summed E-state index contributed by atoms with van der Waals surface area (Å²) in [7, 11) is 0. The number of nitrogens with zero attached hydrogens (tertiary/aromatic N) is 1. The van der Waals surface area contributed by atoms with Crippen LogP contribution >= 0.6 is 0 Å². The number of benzene rings is 3. The molecule has 3 aromatic carbocycles. The van der Waals surface area contributed by atoms with E-state index in [0.717, 1.165) is 29.5 Å². The molecular formula is C29H26FN3O4. The minimum atomic E-state index is -0.597. The van der Waals surface area contributed by atoms with Crippen molar-refractivity contribution in [2.45, 2.75) is 31.8 Å². The molecule has 0 radical (unpaired) electrons. The summed E-state index contributed by atoms with van der Waals surface area (Å²) in [5.41, 5.74) is 6.19. The van der Waals surface area contributed by atoms with Crippen LogP contribution in [0.15, 0.2) is 66.7 Å². The molecule has 3 aromatic rings. The van der Waals surface area contributed by atoms with Gasteiger partial charge in [-0.2, -0.15) is 0 Å². The summed E-state index contributed by atoms with van der Waals surface area (Å²) in [6, 6.07) is 18.2. The lowest BCUT2D eigenvalue weighted by Crippen LogP contribution is -2.36. The monoisotopic (exact) mass is 499 g/mol. The Hall–Kier alpha value is -4.30. The highest BCUT2D eigenvalue weighted by molar-refractivity contribution is 6.24. The first kappa shape index (κ1) is 24.4. The van der Waals surface area contributed by atoms with Crippen molar-refractivity contribution >= 4 is 29.4 Å². The molecule has 0 spiro atoms. The zero-order valence-corrected chi connectivity index (χ0v) is 20.0. The van der Waals surface area contributed by atoms with Gasteiger partial charge in [-0.05, 0) is 84.0 Å². The highest BCUT2D eigenvalue weighted by Gasteiger charge is 2.26. The molecule has 2 aliphatic rings. The highest BCUT2D eigenvalue weighted by atomic mass is 19.1. The van der Waals surface area contributed by atoms with Crippen LogP contribution in [0.25, 0.3) is 11.6 Å². The third-order valence-corrected chi connectivity index (χ3v) is 6.65. The fourth-order valence-electron chi connectivity index (χ4n) is 4.41. The highest BCUT2D eigenvalue weighted by Crippen LogP contribution is 2.25. The molecule has 188 valence electrons. The molecule has 7 nitrogen and oxygen atoms in total. The molecular weight excluding hydrogens is 473 g/mol. The number of carbonyl (C=O) groups excluding carboxylic acids is 3. The molecule has 8 heteroatoms. The number of fused-ring (bicyclic) bond motifs is 1. The van der Waals surface area contributed by atoms with Crippen molar-refractivity contribution in [3.05, 3.63) is 106 Å². The molecule has 1 aliphatic heterocycles. The zero-order valence-electron chi connectivity index (χ0n) is 20.0. The van der Waals surface area contributed by atoms with Crippen LogP contribution in [0.1, 0.15) is 55.8 Å². The first-order valence-electron chi connectivity index (χ1n) is 12.2. The summed E-state index contributed by atoms with van der Waals surface area (Å²) in [4.78, 5) is 39.6. The van der Waals surface area contributed by atoms with Gasteiger partial charge >= 0.3 is 0 Å². The second-order valence-electron chi connectivity index (χ2n) is 9.34. The number of carbonyl (C=O) groups is 3. The van der Waals surface area contributed by atoms with Crippen LogP contribution in [0.4, 0.5) is 4.39 Å². The lowest BCUT2D eigenvalue weighted by Gasteiger charge is -2.29. The standard InChI is InChI=1S/C29H26FN3O4/c30-24-9-7-20(8-10-24)26(28(35)31-25-11-12-25)15-18-1-3-21(4-2-18)29(36)33-14-13-19-5-6-22(27(34)32-37)16-23(19)17-33/h1-10,15-16,25,37H,11-14,17H2,(H,31,35)(H,32,34). The van der Waals surface area contributed by atoms with E-state index in [1.165, 1.54) is 12.1 Å². The Labute approximate surface area is 213 Å². The number of rotatable bonds is 6. The molecule has 3 amide bonds. The average molecular weight is 500 g/mol. The third kappa shape index (κ3) is 5.59. The number of hydrogen-bond acceptors (Lipinski definition) is 4. The van der Waals surface area contributed by atoms with Gasteiger partial charge in [0.1, 0.15) is 5.82 Å². The van der Waals surface area contributed by atoms with Gasteiger partial charge in [0, 0.05) is 35.8 Å². The number of halogens is 1. The Kier molecular flexibility index (Phi) is 6.83. The van der Waals surface area contributed by atoms with Gasteiger partial charge in [0.15, 0.2) is 0 Å². The summed E-state index contributed by atoms with van der Waals surface area (Å²) < 4.78 is 13.4. The molecule has 0 atom stereocenters. The summed E-state index contributed by atoms with van der Waals surface area (Å²) in [6.07, 6.45) is 4.32. The first-order chi connectivity index (χ1) is 17.9. The normalized spacial score (nSPS) is 15.1. The van der Waals surface area contributed by atoms with Gasteiger partial charge in [-0.3, -0.25) is 19.6 Å². The SMILES string of the molecule is O=C(NC1CC1)C(=Cc1ccc(C(=O)N2CCc3ccc(C(=O)NO)cc3C2)cc1)c1ccc(F)cc1. The number of hydroxylamine groups is 1. The summed E-state index contributed by atoms with van der Waals surface area (Å²) in [5.74, 6) is -1.32. The summed E-state index contributed by atoms with van der Waals surface area (Å²) in [5, 5.41) is 11.9. The van der Waals surface area contributed by atoms with Gasteiger partial charge in [0.25, 0.3) is 17.7 Å². The molecule has 0 aromatic heterocycles. The van der Waals surface area contributed by atoms with Gasteiger partial charge in [0.05, 0.1) is 0 Å². The van der Waals surface area contributed by atoms with Crippen LogP contribution in [-0.2, 0) is 17.8 Å². The van der Waals surface area contributed by atoms with Crippen molar-refractivity contribution in [2.75, 3.05) is 6.54 Å². The Morgan fingerprint density at radius 1 is 0.892 bits per heavy atom. The minimum Gasteiger partial charge on any atom is -0.349 e. The second-order valence-corrected chi connectivity index (χ2v) is 9.34. The van der Waals surface area contributed by atoms with Crippen molar-refractivity contribution < 1.29 is 24.0 Å². The van der Waals surface area contributed by atoms with E-state index in [2.05, 4.69) is 5.32 Å². The molecule has 37 heavy (non-hydrogen) atoms. The predicted octanol–water partition coefficient (Wildman–Crippen LogP) is 3.96. The van der Waals surface area contributed by atoms with Gasteiger partial charge in [-0.15, -0.1) is 0 Å². The summed E-state index contributed by atoms with van der Waals surface area (Å²) >= 11 is 0. The van der Waals surface area contributed by atoms with Gasteiger partial charge < -0.3 is 10.2 Å². The fourth-order valence-corrected chi connectivity index (χ4v) is 4.41. The number of hydrogen-bond donors (Lipinski definition) is 3. The Morgan fingerprint density at radius 3 is 2.24 bits per heavy atom. The molecule has 3 N–H and O–H groups in total. The van der Waals surface area contributed by atoms with E-state index in [0.29, 0.717) is 41.8 Å². The molecule has 1 fully saturated rings.